The molecule has 3 rings (SSSR count). The van der Waals surface area contributed by atoms with E-state index >= 15 is 0 Å². The average Bonchev–Trinajstić information content (AvgIpc) is 2.70. The molecular weight excluding hydrogens is 276 g/mol. The number of aromatic nitrogens is 1. The Labute approximate surface area is 113 Å². The van der Waals surface area contributed by atoms with Crippen molar-refractivity contribution in [2.75, 3.05) is 18.4 Å². The highest BCUT2D eigenvalue weighted by Crippen LogP contribution is 2.68. The Morgan fingerprint density at radius 2 is 2.32 bits per heavy atom. The van der Waals surface area contributed by atoms with Crippen molar-refractivity contribution in [1.29, 1.82) is 0 Å². The molecule has 2 heterocycles. The number of hydrogen-bond donors (Lipinski definition) is 2. The van der Waals surface area contributed by atoms with Crippen LogP contribution in [0.3, 0.4) is 0 Å². The van der Waals surface area contributed by atoms with Gasteiger partial charge in [0, 0.05) is 13.1 Å². The van der Waals surface area contributed by atoms with E-state index in [1.165, 1.54) is 6.07 Å². The van der Waals surface area contributed by atoms with E-state index in [0.717, 1.165) is 0 Å². The third-order valence-electron chi connectivity index (χ3n) is 4.00. The molecule has 0 spiro atoms. The molecule has 2 unspecified atom stereocenters. The SMILES string of the molecule is Cc1nc(Cl)ccc1NC(=O)C12CNCC1C2(F)F. The zero-order valence-electron chi connectivity index (χ0n) is 10.1. The number of rotatable bonds is 2. The minimum Gasteiger partial charge on any atom is -0.324 e. The van der Waals surface area contributed by atoms with Gasteiger partial charge in [-0.3, -0.25) is 4.79 Å². The highest BCUT2D eigenvalue weighted by molar-refractivity contribution is 6.29. The van der Waals surface area contributed by atoms with Crippen molar-refractivity contribution < 1.29 is 13.6 Å². The number of alkyl halides is 2. The second-order valence-electron chi connectivity index (χ2n) is 5.00. The molecule has 0 radical (unpaired) electrons. The van der Waals surface area contributed by atoms with Crippen LogP contribution in [-0.4, -0.2) is 29.9 Å². The van der Waals surface area contributed by atoms with Crippen LogP contribution in [0, 0.1) is 18.3 Å². The third kappa shape index (κ3) is 1.59. The highest BCUT2D eigenvalue weighted by Gasteiger charge is 2.86. The molecule has 1 aromatic heterocycles. The summed E-state index contributed by atoms with van der Waals surface area (Å²) in [7, 11) is 0. The average molecular weight is 288 g/mol. The fourth-order valence-electron chi connectivity index (χ4n) is 2.78. The molecular formula is C12H12ClF2N3O. The smallest absolute Gasteiger partial charge is 0.269 e. The number of aryl methyl sites for hydroxylation is 1. The van der Waals surface area contributed by atoms with E-state index < -0.39 is 23.2 Å². The predicted molar refractivity (Wildman–Crippen MR) is 66.4 cm³/mol. The molecule has 7 heteroatoms. The number of halogens is 3. The van der Waals surface area contributed by atoms with Gasteiger partial charge in [-0.05, 0) is 19.1 Å². The number of nitrogens with zero attached hydrogens (tertiary/aromatic N) is 1. The topological polar surface area (TPSA) is 54.0 Å². The Balaban J connectivity index is 1.83. The molecule has 0 bridgehead atoms. The predicted octanol–water partition coefficient (Wildman–Crippen LogP) is 1.84. The summed E-state index contributed by atoms with van der Waals surface area (Å²) in [5.74, 6) is -4.48. The highest BCUT2D eigenvalue weighted by atomic mass is 35.5. The number of nitrogens with one attached hydrogen (secondary N) is 2. The fraction of sp³-hybridized carbons (Fsp3) is 0.500. The normalized spacial score (nSPS) is 30.8. The van der Waals surface area contributed by atoms with Gasteiger partial charge in [0.15, 0.2) is 0 Å². The number of piperidine rings is 1. The first-order valence-corrected chi connectivity index (χ1v) is 6.30. The maximum Gasteiger partial charge on any atom is 0.269 e. The van der Waals surface area contributed by atoms with Crippen molar-refractivity contribution in [3.63, 3.8) is 0 Å². The van der Waals surface area contributed by atoms with E-state index in [4.69, 9.17) is 11.6 Å². The van der Waals surface area contributed by atoms with E-state index in [0.29, 0.717) is 16.5 Å². The van der Waals surface area contributed by atoms with Gasteiger partial charge in [-0.2, -0.15) is 0 Å². The van der Waals surface area contributed by atoms with Crippen molar-refractivity contribution in [3.8, 4) is 0 Å². The molecule has 1 aliphatic heterocycles. The lowest BCUT2D eigenvalue weighted by atomic mass is 10.0. The maximum atomic E-state index is 13.7. The first kappa shape index (κ1) is 12.7. The van der Waals surface area contributed by atoms with Gasteiger partial charge in [0.1, 0.15) is 10.6 Å². The minimum absolute atomic E-state index is 0.0105. The summed E-state index contributed by atoms with van der Waals surface area (Å²) in [4.78, 5) is 16.1. The fourth-order valence-corrected chi connectivity index (χ4v) is 2.97. The van der Waals surface area contributed by atoms with Crippen LogP contribution in [0.5, 0.6) is 0 Å². The van der Waals surface area contributed by atoms with E-state index in [9.17, 15) is 13.6 Å². The lowest BCUT2D eigenvalue weighted by Crippen LogP contribution is -2.36. The Morgan fingerprint density at radius 1 is 1.58 bits per heavy atom. The molecule has 2 fully saturated rings. The molecule has 4 nitrogen and oxygen atoms in total. The van der Waals surface area contributed by atoms with Crippen LogP contribution in [0.4, 0.5) is 14.5 Å². The van der Waals surface area contributed by atoms with Crippen molar-refractivity contribution in [1.82, 2.24) is 10.3 Å². The standard InChI is InChI=1S/C12H12ClF2N3O/c1-6-7(2-3-9(13)17-6)18-10(19)11-5-16-4-8(11)12(11,14)15/h2-3,8,16H,4-5H2,1H3,(H,18,19). The summed E-state index contributed by atoms with van der Waals surface area (Å²) >= 11 is 5.71. The Kier molecular flexibility index (Phi) is 2.59. The molecule has 2 N–H and O–H groups in total. The maximum absolute atomic E-state index is 13.7. The van der Waals surface area contributed by atoms with Crippen LogP contribution < -0.4 is 10.6 Å². The molecule has 102 valence electrons. The summed E-state index contributed by atoms with van der Waals surface area (Å²) in [6.07, 6.45) is 0. The number of amides is 1. The van der Waals surface area contributed by atoms with Gasteiger partial charge in [0.2, 0.25) is 5.91 Å². The number of anilines is 1. The van der Waals surface area contributed by atoms with Gasteiger partial charge in [-0.15, -0.1) is 0 Å². The van der Waals surface area contributed by atoms with Gasteiger partial charge in [-0.1, -0.05) is 11.6 Å². The first-order valence-electron chi connectivity index (χ1n) is 5.93. The van der Waals surface area contributed by atoms with Gasteiger partial charge in [0.05, 0.1) is 17.3 Å². The molecule has 1 amide bonds. The monoisotopic (exact) mass is 287 g/mol. The molecule has 1 aromatic rings. The quantitative estimate of drug-likeness (QED) is 0.816. The molecule has 1 aliphatic carbocycles. The van der Waals surface area contributed by atoms with Gasteiger partial charge in [0.25, 0.3) is 5.92 Å². The van der Waals surface area contributed by atoms with E-state index in [1.807, 2.05) is 0 Å². The van der Waals surface area contributed by atoms with Crippen molar-refractivity contribution in [3.05, 3.63) is 23.0 Å². The molecule has 19 heavy (non-hydrogen) atoms. The largest absolute Gasteiger partial charge is 0.324 e. The Morgan fingerprint density at radius 3 is 2.89 bits per heavy atom. The first-order chi connectivity index (χ1) is 8.89. The number of carbonyl (C=O) groups is 1. The Bertz CT molecular complexity index is 566. The molecule has 0 aromatic carbocycles. The zero-order valence-corrected chi connectivity index (χ0v) is 10.9. The number of hydrogen-bond acceptors (Lipinski definition) is 3. The molecule has 2 aliphatic rings. The van der Waals surface area contributed by atoms with Crippen molar-refractivity contribution in [2.24, 2.45) is 11.3 Å². The summed E-state index contributed by atoms with van der Waals surface area (Å²) < 4.78 is 27.4. The van der Waals surface area contributed by atoms with Crippen LogP contribution in [-0.2, 0) is 4.79 Å². The summed E-state index contributed by atoms with van der Waals surface area (Å²) in [6, 6.07) is 3.08. The van der Waals surface area contributed by atoms with Crippen molar-refractivity contribution >= 4 is 23.2 Å². The van der Waals surface area contributed by atoms with Crippen LogP contribution in [0.2, 0.25) is 5.15 Å². The summed E-state index contributed by atoms with van der Waals surface area (Å²) in [5.41, 5.74) is -0.681. The van der Waals surface area contributed by atoms with E-state index in [1.54, 1.807) is 13.0 Å². The number of pyridine rings is 1. The van der Waals surface area contributed by atoms with Crippen LogP contribution in [0.15, 0.2) is 12.1 Å². The molecule has 1 saturated carbocycles. The summed E-state index contributed by atoms with van der Waals surface area (Å²) in [5, 5.41) is 5.67. The van der Waals surface area contributed by atoms with E-state index in [2.05, 4.69) is 15.6 Å². The number of carbonyl (C=O) groups excluding carboxylic acids is 1. The van der Waals surface area contributed by atoms with E-state index in [-0.39, 0.29) is 13.1 Å². The van der Waals surface area contributed by atoms with Gasteiger partial charge >= 0.3 is 0 Å². The van der Waals surface area contributed by atoms with Gasteiger partial charge < -0.3 is 10.6 Å². The van der Waals surface area contributed by atoms with Crippen LogP contribution in [0.1, 0.15) is 5.69 Å². The zero-order chi connectivity index (χ0) is 13.8. The number of fused-ring (bicyclic) bond motifs is 1. The van der Waals surface area contributed by atoms with Crippen LogP contribution >= 0.6 is 11.6 Å². The molecule has 2 atom stereocenters. The Hall–Kier alpha value is -1.27. The van der Waals surface area contributed by atoms with Crippen LogP contribution in [0.25, 0.3) is 0 Å². The molecule has 1 saturated heterocycles. The van der Waals surface area contributed by atoms with Crippen molar-refractivity contribution in [2.45, 2.75) is 12.8 Å². The second-order valence-corrected chi connectivity index (χ2v) is 5.39. The third-order valence-corrected chi connectivity index (χ3v) is 4.21. The summed E-state index contributed by atoms with van der Waals surface area (Å²) in [6.45, 7) is 1.85. The van der Waals surface area contributed by atoms with Gasteiger partial charge in [-0.25, -0.2) is 13.8 Å². The second kappa shape index (κ2) is 3.86. The minimum atomic E-state index is -2.92. The lowest BCUT2D eigenvalue weighted by molar-refractivity contribution is -0.124. The lowest BCUT2D eigenvalue weighted by Gasteiger charge is -2.15.